The number of benzene rings is 1. The zero-order valence-corrected chi connectivity index (χ0v) is 12.5. The van der Waals surface area contributed by atoms with Gasteiger partial charge in [-0.05, 0) is 19.1 Å². The fourth-order valence-electron chi connectivity index (χ4n) is 2.59. The Morgan fingerprint density at radius 2 is 1.85 bits per heavy atom. The first-order valence-electron chi connectivity index (χ1n) is 7.01. The van der Waals surface area contributed by atoms with Crippen LogP contribution in [-0.4, -0.2) is 63.1 Å². The van der Waals surface area contributed by atoms with E-state index in [9.17, 15) is 5.11 Å². The summed E-state index contributed by atoms with van der Waals surface area (Å²) in [7, 11) is 3.34. The Morgan fingerprint density at radius 1 is 1.15 bits per heavy atom. The number of hydrogen-bond acceptors (Lipinski definition) is 5. The Bertz CT molecular complexity index is 429. The van der Waals surface area contributed by atoms with E-state index in [0.717, 1.165) is 49.9 Å². The number of nitrogens with zero attached hydrogens (tertiary/aromatic N) is 2. The third-order valence-electron chi connectivity index (χ3n) is 3.62. The highest BCUT2D eigenvalue weighted by atomic mass is 16.5. The Labute approximate surface area is 120 Å². The van der Waals surface area contributed by atoms with Crippen molar-refractivity contribution in [3.8, 4) is 11.5 Å². The monoisotopic (exact) mass is 280 g/mol. The molecule has 5 nitrogen and oxygen atoms in total. The number of rotatable bonds is 5. The summed E-state index contributed by atoms with van der Waals surface area (Å²) < 4.78 is 10.7. The number of aliphatic hydroxyl groups is 1. The van der Waals surface area contributed by atoms with Gasteiger partial charge in [-0.3, -0.25) is 4.90 Å². The van der Waals surface area contributed by atoms with Crippen LogP contribution >= 0.6 is 0 Å². The normalized spacial score (nSPS) is 17.9. The van der Waals surface area contributed by atoms with E-state index < -0.39 is 0 Å². The lowest BCUT2D eigenvalue weighted by Crippen LogP contribution is -2.48. The van der Waals surface area contributed by atoms with Crippen molar-refractivity contribution in [2.45, 2.75) is 13.0 Å². The molecule has 5 heteroatoms. The third kappa shape index (κ3) is 3.55. The molecule has 0 saturated carbocycles. The van der Waals surface area contributed by atoms with E-state index in [1.807, 2.05) is 25.1 Å². The van der Waals surface area contributed by atoms with Crippen molar-refractivity contribution in [2.24, 2.45) is 0 Å². The first-order chi connectivity index (χ1) is 9.63. The van der Waals surface area contributed by atoms with Crippen LogP contribution in [0.5, 0.6) is 11.5 Å². The number of β-amino-alcohol motifs (C(OH)–C–C–N with tert-alkyl or cyclic N) is 1. The van der Waals surface area contributed by atoms with E-state index in [0.29, 0.717) is 0 Å². The number of aliphatic hydroxyl groups excluding tert-OH is 1. The van der Waals surface area contributed by atoms with Gasteiger partial charge in [0.05, 0.1) is 26.0 Å². The molecule has 1 saturated heterocycles. The molecule has 0 bridgehead atoms. The van der Waals surface area contributed by atoms with Crippen molar-refractivity contribution >= 4 is 5.69 Å². The largest absolute Gasteiger partial charge is 0.497 e. The lowest BCUT2D eigenvalue weighted by molar-refractivity contribution is 0.122. The summed E-state index contributed by atoms with van der Waals surface area (Å²) >= 11 is 0. The van der Waals surface area contributed by atoms with Crippen LogP contribution in [0.15, 0.2) is 18.2 Å². The van der Waals surface area contributed by atoms with Gasteiger partial charge in [0.25, 0.3) is 0 Å². The van der Waals surface area contributed by atoms with E-state index in [-0.39, 0.29) is 6.10 Å². The van der Waals surface area contributed by atoms with Gasteiger partial charge in [-0.2, -0.15) is 0 Å². The first-order valence-corrected chi connectivity index (χ1v) is 7.01. The molecular formula is C15H24N2O3. The minimum absolute atomic E-state index is 0.267. The predicted molar refractivity (Wildman–Crippen MR) is 79.9 cm³/mol. The SMILES string of the molecule is COc1ccc(N2CCN(CC(C)O)CC2)c(OC)c1. The average molecular weight is 280 g/mol. The maximum atomic E-state index is 9.44. The molecule has 1 aliphatic heterocycles. The molecule has 0 amide bonds. The number of ether oxygens (including phenoxy) is 2. The Kier molecular flexibility index (Phi) is 5.09. The molecule has 1 aliphatic rings. The van der Waals surface area contributed by atoms with Gasteiger partial charge in [0.1, 0.15) is 11.5 Å². The highest BCUT2D eigenvalue weighted by Gasteiger charge is 2.20. The number of piperazine rings is 1. The second-order valence-corrected chi connectivity index (χ2v) is 5.17. The molecule has 1 aromatic rings. The van der Waals surface area contributed by atoms with Crippen LogP contribution in [0.1, 0.15) is 6.92 Å². The highest BCUT2D eigenvalue weighted by molar-refractivity contribution is 5.61. The summed E-state index contributed by atoms with van der Waals surface area (Å²) in [4.78, 5) is 4.61. The molecule has 20 heavy (non-hydrogen) atoms. The number of hydrogen-bond donors (Lipinski definition) is 1. The minimum Gasteiger partial charge on any atom is -0.497 e. The van der Waals surface area contributed by atoms with Crippen molar-refractivity contribution < 1.29 is 14.6 Å². The summed E-state index contributed by atoms with van der Waals surface area (Å²) in [6.45, 7) is 6.37. The van der Waals surface area contributed by atoms with Crippen LogP contribution < -0.4 is 14.4 Å². The molecule has 0 aromatic heterocycles. The van der Waals surface area contributed by atoms with Gasteiger partial charge in [-0.1, -0.05) is 0 Å². The summed E-state index contributed by atoms with van der Waals surface area (Å²) in [5.41, 5.74) is 1.10. The molecule has 1 heterocycles. The zero-order valence-electron chi connectivity index (χ0n) is 12.5. The smallest absolute Gasteiger partial charge is 0.145 e. The molecule has 1 N–H and O–H groups in total. The fourth-order valence-corrected chi connectivity index (χ4v) is 2.59. The topological polar surface area (TPSA) is 45.2 Å². The van der Waals surface area contributed by atoms with Gasteiger partial charge < -0.3 is 19.5 Å². The average Bonchev–Trinajstić information content (AvgIpc) is 2.47. The number of methoxy groups -OCH3 is 2. The zero-order chi connectivity index (χ0) is 14.5. The second-order valence-electron chi connectivity index (χ2n) is 5.17. The lowest BCUT2D eigenvalue weighted by Gasteiger charge is -2.37. The summed E-state index contributed by atoms with van der Waals surface area (Å²) in [5, 5.41) is 9.44. The van der Waals surface area contributed by atoms with E-state index in [2.05, 4.69) is 9.80 Å². The van der Waals surface area contributed by atoms with Crippen LogP contribution in [0, 0.1) is 0 Å². The number of anilines is 1. The van der Waals surface area contributed by atoms with Crippen LogP contribution in [-0.2, 0) is 0 Å². The molecule has 0 aliphatic carbocycles. The van der Waals surface area contributed by atoms with E-state index >= 15 is 0 Å². The van der Waals surface area contributed by atoms with Gasteiger partial charge in [0.15, 0.2) is 0 Å². The maximum Gasteiger partial charge on any atom is 0.145 e. The Morgan fingerprint density at radius 3 is 2.40 bits per heavy atom. The van der Waals surface area contributed by atoms with Crippen molar-refractivity contribution in [3.05, 3.63) is 18.2 Å². The molecule has 1 fully saturated rings. The quantitative estimate of drug-likeness (QED) is 0.878. The van der Waals surface area contributed by atoms with Crippen LogP contribution in [0.4, 0.5) is 5.69 Å². The van der Waals surface area contributed by atoms with Crippen molar-refractivity contribution in [3.63, 3.8) is 0 Å². The Hall–Kier alpha value is -1.46. The van der Waals surface area contributed by atoms with Crippen molar-refractivity contribution in [2.75, 3.05) is 51.8 Å². The summed E-state index contributed by atoms with van der Waals surface area (Å²) in [5.74, 6) is 1.65. The molecule has 2 rings (SSSR count). The first kappa shape index (κ1) is 14.9. The van der Waals surface area contributed by atoms with E-state index in [1.165, 1.54) is 0 Å². The molecule has 1 aromatic carbocycles. The van der Waals surface area contributed by atoms with E-state index in [1.54, 1.807) is 14.2 Å². The second kappa shape index (κ2) is 6.81. The molecule has 0 spiro atoms. The van der Waals surface area contributed by atoms with Gasteiger partial charge >= 0.3 is 0 Å². The molecule has 1 unspecified atom stereocenters. The van der Waals surface area contributed by atoms with Crippen LogP contribution in [0.25, 0.3) is 0 Å². The van der Waals surface area contributed by atoms with Gasteiger partial charge in [0.2, 0.25) is 0 Å². The maximum absolute atomic E-state index is 9.44. The highest BCUT2D eigenvalue weighted by Crippen LogP contribution is 2.32. The Balaban J connectivity index is 2.03. The van der Waals surface area contributed by atoms with Crippen LogP contribution in [0.3, 0.4) is 0 Å². The standard InChI is InChI=1S/C15H24N2O3/c1-12(18)11-16-6-8-17(9-7-16)14-5-4-13(19-2)10-15(14)20-3/h4-5,10,12,18H,6-9,11H2,1-3H3. The third-order valence-corrected chi connectivity index (χ3v) is 3.62. The van der Waals surface area contributed by atoms with Gasteiger partial charge in [-0.25, -0.2) is 0 Å². The predicted octanol–water partition coefficient (Wildman–Crippen LogP) is 1.21. The fraction of sp³-hybridized carbons (Fsp3) is 0.600. The summed E-state index contributed by atoms with van der Waals surface area (Å²) in [6, 6.07) is 5.92. The molecule has 0 radical (unpaired) electrons. The molecule has 1 atom stereocenters. The van der Waals surface area contributed by atoms with E-state index in [4.69, 9.17) is 9.47 Å². The molecule has 112 valence electrons. The van der Waals surface area contributed by atoms with Crippen molar-refractivity contribution in [1.29, 1.82) is 0 Å². The van der Waals surface area contributed by atoms with Crippen molar-refractivity contribution in [1.82, 2.24) is 4.90 Å². The summed E-state index contributed by atoms with van der Waals surface area (Å²) in [6.07, 6.45) is -0.267. The lowest BCUT2D eigenvalue weighted by atomic mass is 10.2. The van der Waals surface area contributed by atoms with Gasteiger partial charge in [-0.15, -0.1) is 0 Å². The molecular weight excluding hydrogens is 256 g/mol. The minimum atomic E-state index is -0.267. The van der Waals surface area contributed by atoms with Crippen LogP contribution in [0.2, 0.25) is 0 Å². The van der Waals surface area contributed by atoms with Gasteiger partial charge in [0, 0.05) is 38.8 Å².